The molecule has 2 aliphatic rings. The van der Waals surface area contributed by atoms with Gasteiger partial charge in [-0.1, -0.05) is 18.2 Å². The van der Waals surface area contributed by atoms with Crippen LogP contribution < -0.4 is 4.31 Å². The van der Waals surface area contributed by atoms with E-state index in [0.717, 1.165) is 59.0 Å². The summed E-state index contributed by atoms with van der Waals surface area (Å²) in [6.45, 7) is 6.35. The highest BCUT2D eigenvalue weighted by molar-refractivity contribution is 7.94. The average molecular weight is 700 g/mol. The number of carbonyl (C=O) groups excluding carboxylic acids is 1. The Bertz CT molecular complexity index is 1760. The van der Waals surface area contributed by atoms with Crippen LogP contribution in [0.1, 0.15) is 24.6 Å². The van der Waals surface area contributed by atoms with Crippen molar-refractivity contribution < 1.29 is 41.0 Å². The van der Waals surface area contributed by atoms with Crippen molar-refractivity contribution in [1.29, 1.82) is 0 Å². The fraction of sp³-hybridized carbons (Fsp3) is 0.414. The topological polar surface area (TPSA) is 136 Å². The van der Waals surface area contributed by atoms with Crippen molar-refractivity contribution in [1.82, 2.24) is 19.8 Å². The summed E-state index contributed by atoms with van der Waals surface area (Å²) in [4.78, 5) is 34.3. The van der Waals surface area contributed by atoms with Gasteiger partial charge >= 0.3 is 18.2 Å². The quantitative estimate of drug-likeness (QED) is 0.222. The molecule has 1 saturated heterocycles. The first-order valence-electron chi connectivity index (χ1n) is 14.4. The van der Waals surface area contributed by atoms with Gasteiger partial charge in [0.15, 0.2) is 0 Å². The molecule has 0 radical (unpaired) electrons. The third-order valence-corrected chi connectivity index (χ3v) is 11.5. The van der Waals surface area contributed by atoms with Crippen molar-refractivity contribution in [3.63, 3.8) is 0 Å². The van der Waals surface area contributed by atoms with Gasteiger partial charge in [0.1, 0.15) is 9.22 Å². The zero-order chi connectivity index (χ0) is 33.1. The molecule has 1 aromatic carbocycles. The van der Waals surface area contributed by atoms with E-state index in [1.165, 1.54) is 11.3 Å². The molecule has 0 bridgehead atoms. The number of thiazole rings is 1. The summed E-state index contributed by atoms with van der Waals surface area (Å²) in [5.41, 5.74) is 2.36. The number of sulfonamides is 1. The number of halogens is 3. The van der Waals surface area contributed by atoms with Crippen LogP contribution in [-0.4, -0.2) is 90.9 Å². The van der Waals surface area contributed by atoms with Crippen LogP contribution in [0.25, 0.3) is 21.6 Å². The number of thiophene rings is 1. The molecule has 4 heterocycles. The molecule has 0 spiro atoms. The Morgan fingerprint density at radius 2 is 1.87 bits per heavy atom. The first kappa shape index (κ1) is 33.7. The van der Waals surface area contributed by atoms with Gasteiger partial charge in [-0.2, -0.15) is 13.2 Å². The van der Waals surface area contributed by atoms with Crippen molar-refractivity contribution in [2.45, 2.75) is 36.7 Å². The molecule has 248 valence electrons. The molecule has 46 heavy (non-hydrogen) atoms. The second-order valence-corrected chi connectivity index (χ2v) is 14.9. The average Bonchev–Trinajstić information content (AvgIpc) is 3.38. The zero-order valence-corrected chi connectivity index (χ0v) is 27.1. The number of amides is 1. The highest BCUT2D eigenvalue weighted by atomic mass is 32.2. The monoisotopic (exact) mass is 699 g/mol. The number of ether oxygens (including phenoxy) is 1. The van der Waals surface area contributed by atoms with Gasteiger partial charge in [0.2, 0.25) is 0 Å². The number of aromatic amines is 1. The van der Waals surface area contributed by atoms with Gasteiger partial charge in [-0.3, -0.25) is 9.21 Å². The number of H-pyrrole nitrogens is 1. The van der Waals surface area contributed by atoms with E-state index in [-0.39, 0.29) is 6.09 Å². The number of hydrogen-bond acceptors (Lipinski definition) is 9. The summed E-state index contributed by atoms with van der Waals surface area (Å²) >= 11 is 2.88. The Balaban J connectivity index is 0.000000537. The molecule has 0 unspecified atom stereocenters. The van der Waals surface area contributed by atoms with Crippen LogP contribution in [0.15, 0.2) is 52.2 Å². The summed E-state index contributed by atoms with van der Waals surface area (Å²) < 4.78 is 66.1. The standard InChI is InChI=1S/C27H31N5O4S3.C2HF3O2/c1-2-36-27(33)31-12-10-30(11-13-31)18-21-16-28-26(38-21)22-15-20-5-3-6-23(25(20)29-22)32(17-19-8-9-19)39(34,35)24-7-4-14-37-24;3-2(4,5)1(6)7/h3-7,14-16,19,29H,2,8-13,17-18H2,1H3;(H,6,7). The number of nitrogens with zero attached hydrogens (tertiary/aromatic N) is 4. The van der Waals surface area contributed by atoms with E-state index in [1.807, 2.05) is 37.4 Å². The first-order chi connectivity index (χ1) is 21.9. The number of piperazine rings is 1. The SMILES string of the molecule is CCOC(=O)N1CCN(Cc2cnc(-c3cc4cccc(N(CC5CC5)S(=O)(=O)c5cccs5)c4[nH]3)s2)CC1.O=C(O)C(F)(F)F. The molecule has 11 nitrogen and oxygen atoms in total. The number of carboxylic acids is 1. The number of benzene rings is 1. The highest BCUT2D eigenvalue weighted by Gasteiger charge is 2.38. The lowest BCUT2D eigenvalue weighted by molar-refractivity contribution is -0.192. The molecule has 1 amide bonds. The second-order valence-electron chi connectivity index (χ2n) is 10.7. The van der Waals surface area contributed by atoms with Gasteiger partial charge in [-0.05, 0) is 49.3 Å². The summed E-state index contributed by atoms with van der Waals surface area (Å²) in [5.74, 6) is -2.36. The fourth-order valence-electron chi connectivity index (χ4n) is 4.87. The number of hydrogen-bond donors (Lipinski definition) is 2. The molecule has 1 saturated carbocycles. The van der Waals surface area contributed by atoms with Crippen molar-refractivity contribution in [2.75, 3.05) is 43.6 Å². The fourth-order valence-corrected chi connectivity index (χ4v) is 8.46. The zero-order valence-electron chi connectivity index (χ0n) is 24.7. The summed E-state index contributed by atoms with van der Waals surface area (Å²) in [5, 5.41) is 10.7. The van der Waals surface area contributed by atoms with E-state index in [0.29, 0.717) is 42.1 Å². The summed E-state index contributed by atoms with van der Waals surface area (Å²) in [6, 6.07) is 11.3. The van der Waals surface area contributed by atoms with Crippen LogP contribution in [0.3, 0.4) is 0 Å². The van der Waals surface area contributed by atoms with E-state index in [2.05, 4.69) is 14.9 Å². The lowest BCUT2D eigenvalue weighted by Crippen LogP contribution is -2.48. The molecule has 1 aliphatic carbocycles. The Morgan fingerprint density at radius 1 is 1.15 bits per heavy atom. The number of anilines is 1. The molecule has 4 aromatic rings. The third kappa shape index (κ3) is 8.00. The number of rotatable bonds is 9. The number of nitrogens with one attached hydrogen (secondary N) is 1. The van der Waals surface area contributed by atoms with Crippen LogP contribution in [0.2, 0.25) is 0 Å². The molecule has 1 aliphatic heterocycles. The first-order valence-corrected chi connectivity index (χ1v) is 17.6. The maximum Gasteiger partial charge on any atom is 0.490 e. The molecule has 6 rings (SSSR count). The van der Waals surface area contributed by atoms with E-state index < -0.39 is 22.2 Å². The molecule has 2 N–H and O–H groups in total. The predicted octanol–water partition coefficient (Wildman–Crippen LogP) is 5.87. The number of carboxylic acid groups (broad SMARTS) is 1. The Morgan fingerprint density at radius 3 is 2.48 bits per heavy atom. The minimum atomic E-state index is -5.08. The van der Waals surface area contributed by atoms with Crippen molar-refractivity contribution in [2.24, 2.45) is 5.92 Å². The lowest BCUT2D eigenvalue weighted by atomic mass is 10.2. The van der Waals surface area contributed by atoms with E-state index >= 15 is 0 Å². The predicted molar refractivity (Wildman–Crippen MR) is 169 cm³/mol. The van der Waals surface area contributed by atoms with Gasteiger partial charge in [0, 0.05) is 55.7 Å². The van der Waals surface area contributed by atoms with Crippen LogP contribution in [0.5, 0.6) is 0 Å². The molecular formula is C29H32F3N5O6S3. The number of carbonyl (C=O) groups is 2. The van der Waals surface area contributed by atoms with Crippen LogP contribution in [0.4, 0.5) is 23.7 Å². The lowest BCUT2D eigenvalue weighted by Gasteiger charge is -2.33. The van der Waals surface area contributed by atoms with Gasteiger partial charge in [0.05, 0.1) is 23.5 Å². The van der Waals surface area contributed by atoms with E-state index in [4.69, 9.17) is 14.6 Å². The minimum absolute atomic E-state index is 0.241. The smallest absolute Gasteiger partial charge is 0.475 e. The molecule has 17 heteroatoms. The largest absolute Gasteiger partial charge is 0.490 e. The van der Waals surface area contributed by atoms with Crippen LogP contribution >= 0.6 is 22.7 Å². The Kier molecular flexibility index (Phi) is 10.2. The number of aromatic nitrogens is 2. The van der Waals surface area contributed by atoms with E-state index in [1.54, 1.807) is 38.1 Å². The van der Waals surface area contributed by atoms with Gasteiger partial charge in [-0.25, -0.2) is 23.0 Å². The molecule has 0 atom stereocenters. The van der Waals surface area contributed by atoms with Crippen molar-refractivity contribution >= 4 is 61.3 Å². The van der Waals surface area contributed by atoms with Crippen molar-refractivity contribution in [3.8, 4) is 10.7 Å². The molecular weight excluding hydrogens is 668 g/mol. The summed E-state index contributed by atoms with van der Waals surface area (Å²) in [7, 11) is -3.66. The van der Waals surface area contributed by atoms with Crippen molar-refractivity contribution in [3.05, 3.63) is 52.9 Å². The van der Waals surface area contributed by atoms with Gasteiger partial charge in [0.25, 0.3) is 10.0 Å². The Hall–Kier alpha value is -3.67. The molecule has 3 aromatic heterocycles. The highest BCUT2D eigenvalue weighted by Crippen LogP contribution is 2.39. The minimum Gasteiger partial charge on any atom is -0.475 e. The number of para-hydroxylation sites is 1. The molecule has 2 fully saturated rings. The normalized spacial score (nSPS) is 15.8. The van der Waals surface area contributed by atoms with Crippen LogP contribution in [0, 0.1) is 5.92 Å². The maximum atomic E-state index is 13.6. The number of fused-ring (bicyclic) bond motifs is 1. The maximum absolute atomic E-state index is 13.6. The van der Waals surface area contributed by atoms with Gasteiger partial charge < -0.3 is 19.7 Å². The Labute approximate surface area is 271 Å². The number of aliphatic carboxylic acids is 1. The third-order valence-electron chi connectivity index (χ3n) is 7.37. The van der Waals surface area contributed by atoms with E-state index in [9.17, 15) is 26.4 Å². The second kappa shape index (κ2) is 14.0. The summed E-state index contributed by atoms with van der Waals surface area (Å²) in [6.07, 6.45) is -1.30. The number of alkyl halides is 3. The van der Waals surface area contributed by atoms with Crippen LogP contribution in [-0.2, 0) is 26.1 Å². The van der Waals surface area contributed by atoms with Gasteiger partial charge in [-0.15, -0.1) is 22.7 Å².